The summed E-state index contributed by atoms with van der Waals surface area (Å²) in [6, 6.07) is 0. The summed E-state index contributed by atoms with van der Waals surface area (Å²) >= 11 is 1.92. The summed E-state index contributed by atoms with van der Waals surface area (Å²) in [6.45, 7) is 4.55. The van der Waals surface area contributed by atoms with E-state index in [0.29, 0.717) is 0 Å². The van der Waals surface area contributed by atoms with Crippen molar-refractivity contribution in [2.45, 2.75) is 25.9 Å². The van der Waals surface area contributed by atoms with Crippen LogP contribution in [0.3, 0.4) is 0 Å². The van der Waals surface area contributed by atoms with Gasteiger partial charge < -0.3 is 0 Å². The van der Waals surface area contributed by atoms with E-state index in [0.717, 1.165) is 5.66 Å². The third kappa shape index (κ3) is 4.18. The van der Waals surface area contributed by atoms with E-state index in [2.05, 4.69) is 13.8 Å². The zero-order valence-corrected chi connectivity index (χ0v) is 7.59. The molecule has 6 heavy (non-hydrogen) atoms. The van der Waals surface area contributed by atoms with Crippen LogP contribution in [0.15, 0.2) is 0 Å². The number of hydrogen-bond acceptors (Lipinski definition) is 0. The van der Waals surface area contributed by atoms with Crippen LogP contribution in [-0.4, -0.2) is 5.66 Å². The van der Waals surface area contributed by atoms with Crippen LogP contribution in [0.5, 0.6) is 0 Å². The maximum absolute atomic E-state index is 2.30. The van der Waals surface area contributed by atoms with Gasteiger partial charge in [0.15, 0.2) is 0 Å². The van der Waals surface area contributed by atoms with Crippen LogP contribution < -0.4 is 0 Å². The predicted octanol–water partition coefficient (Wildman–Crippen LogP) is 1.93. The quantitative estimate of drug-likeness (QED) is 0.648. The van der Waals surface area contributed by atoms with Crippen LogP contribution in [0.25, 0.3) is 0 Å². The van der Waals surface area contributed by atoms with Crippen molar-refractivity contribution in [2.75, 3.05) is 0 Å². The van der Waals surface area contributed by atoms with Crippen molar-refractivity contribution < 1.29 is 46.1 Å². The molecule has 0 nitrogen and oxygen atoms in total. The first kappa shape index (κ1) is 8.01. The monoisotopic (exact) mass is 242 g/mol. The van der Waals surface area contributed by atoms with E-state index in [9.17, 15) is 0 Å². The van der Waals surface area contributed by atoms with Gasteiger partial charge in [-0.05, 0) is 0 Å². The minimum atomic E-state index is 0.988. The maximum atomic E-state index is 2.30. The molecule has 0 amide bonds. The molecule has 0 rings (SSSR count). The molecule has 0 fully saturated rings. The molecule has 0 heterocycles. The SMILES string of the molecule is CCC(C)[PH][Eu]. The molecular formula is C4H10EuP. The van der Waals surface area contributed by atoms with Crippen molar-refractivity contribution in [3.05, 3.63) is 0 Å². The molecule has 0 aromatic carbocycles. The molecule has 0 aromatic heterocycles. The Morgan fingerprint density at radius 1 is 1.83 bits per heavy atom. The zero-order chi connectivity index (χ0) is 4.99. The molecule has 2 unspecified atom stereocenters. The Bertz CT molecular complexity index is 26.7. The van der Waals surface area contributed by atoms with Crippen molar-refractivity contribution in [3.8, 4) is 0 Å². The second-order valence-electron chi connectivity index (χ2n) is 1.42. The fraction of sp³-hybridized carbons (Fsp3) is 1.00. The summed E-state index contributed by atoms with van der Waals surface area (Å²) in [7, 11) is 0. The second-order valence-corrected chi connectivity index (χ2v) is 4.72. The number of rotatable bonds is 2. The van der Waals surface area contributed by atoms with Gasteiger partial charge in [0.1, 0.15) is 0 Å². The molecule has 38 valence electrons. The van der Waals surface area contributed by atoms with Gasteiger partial charge in [0.2, 0.25) is 0 Å². The molecule has 0 aromatic rings. The van der Waals surface area contributed by atoms with Gasteiger partial charge in [0.05, 0.1) is 0 Å². The Labute approximate surface area is 72.7 Å². The Morgan fingerprint density at radius 3 is 2.33 bits per heavy atom. The Morgan fingerprint density at radius 2 is 2.33 bits per heavy atom. The molecular weight excluding hydrogens is 231 g/mol. The van der Waals surface area contributed by atoms with E-state index < -0.39 is 0 Å². The van der Waals surface area contributed by atoms with E-state index in [1.807, 2.05) is 46.1 Å². The van der Waals surface area contributed by atoms with Crippen molar-refractivity contribution in [1.29, 1.82) is 0 Å². The summed E-state index contributed by atoms with van der Waals surface area (Å²) in [5, 5.41) is 0. The van der Waals surface area contributed by atoms with Gasteiger partial charge in [-0.3, -0.25) is 0 Å². The number of hydrogen-bond donors (Lipinski definition) is 0. The normalized spacial score (nSPS) is 16.5. The van der Waals surface area contributed by atoms with Crippen LogP contribution in [0.1, 0.15) is 20.3 Å². The summed E-state index contributed by atoms with van der Waals surface area (Å²) < 4.78 is 1.19. The molecule has 0 saturated heterocycles. The minimum absolute atomic E-state index is 0.988. The molecule has 0 saturated carbocycles. The van der Waals surface area contributed by atoms with Crippen LogP contribution in [0.4, 0.5) is 0 Å². The van der Waals surface area contributed by atoms with E-state index in [1.165, 1.54) is 8.43 Å². The first-order valence-corrected chi connectivity index (χ1v) is 6.76. The summed E-state index contributed by atoms with van der Waals surface area (Å²) in [4.78, 5) is 0. The summed E-state index contributed by atoms with van der Waals surface area (Å²) in [5.41, 5.74) is 0.988. The van der Waals surface area contributed by atoms with Gasteiger partial charge >= 0.3 is 74.1 Å². The summed E-state index contributed by atoms with van der Waals surface area (Å²) in [5.74, 6) is 0. The van der Waals surface area contributed by atoms with Crippen LogP contribution in [0.2, 0.25) is 0 Å². The van der Waals surface area contributed by atoms with Gasteiger partial charge in [-0.2, -0.15) is 0 Å². The fourth-order valence-corrected chi connectivity index (χ4v) is 1.72. The van der Waals surface area contributed by atoms with E-state index in [-0.39, 0.29) is 0 Å². The Hall–Kier alpha value is 2.01. The van der Waals surface area contributed by atoms with Crippen LogP contribution in [-0.2, 0) is 0 Å². The molecule has 0 spiro atoms. The molecule has 0 bridgehead atoms. The molecule has 0 N–H and O–H groups in total. The average molecular weight is 241 g/mol. The standard InChI is InChI=1S/C4H10P.Eu/c1-3-4(2)5;/h4-5H,3H2,1-2H3;/q-1;+1. The van der Waals surface area contributed by atoms with Gasteiger partial charge in [0.25, 0.3) is 0 Å². The van der Waals surface area contributed by atoms with Gasteiger partial charge in [0, 0.05) is 0 Å². The van der Waals surface area contributed by atoms with Crippen LogP contribution in [0, 0.1) is 46.1 Å². The van der Waals surface area contributed by atoms with Crippen molar-refractivity contribution >= 4 is 2.01 Å². The van der Waals surface area contributed by atoms with E-state index >= 15 is 0 Å². The second kappa shape index (κ2) is 5.16. The van der Waals surface area contributed by atoms with Crippen molar-refractivity contribution in [3.63, 3.8) is 0 Å². The molecule has 0 aliphatic carbocycles. The predicted molar refractivity (Wildman–Crippen MR) is 28.1 cm³/mol. The van der Waals surface area contributed by atoms with E-state index in [1.54, 1.807) is 0 Å². The fourth-order valence-electron chi connectivity index (χ4n) is 0.0772. The van der Waals surface area contributed by atoms with E-state index in [4.69, 9.17) is 0 Å². The van der Waals surface area contributed by atoms with Crippen molar-refractivity contribution in [2.24, 2.45) is 0 Å². The van der Waals surface area contributed by atoms with Crippen LogP contribution >= 0.6 is 2.01 Å². The Kier molecular flexibility index (Phi) is 6.89. The molecule has 0 aliphatic rings. The third-order valence-corrected chi connectivity index (χ3v) is 5.16. The first-order chi connectivity index (χ1) is 2.81. The molecule has 2 heteroatoms. The van der Waals surface area contributed by atoms with Gasteiger partial charge in [-0.15, -0.1) is 0 Å². The van der Waals surface area contributed by atoms with Gasteiger partial charge in [-0.25, -0.2) is 0 Å². The molecule has 0 radical (unpaired) electrons. The first-order valence-electron chi connectivity index (χ1n) is 2.17. The van der Waals surface area contributed by atoms with Crippen molar-refractivity contribution in [1.82, 2.24) is 0 Å². The molecule has 0 aliphatic heterocycles. The average Bonchev–Trinajstić information content (AvgIpc) is 1.65. The topological polar surface area (TPSA) is 0 Å². The summed E-state index contributed by atoms with van der Waals surface area (Å²) in [6.07, 6.45) is 1.36. The zero-order valence-electron chi connectivity index (χ0n) is 4.16. The third-order valence-electron chi connectivity index (χ3n) is 0.799. The molecule has 2 atom stereocenters. The van der Waals surface area contributed by atoms with Gasteiger partial charge in [-0.1, -0.05) is 0 Å². The Balaban J connectivity index is 2.75.